The number of amides is 2. The number of hydrogen-bond donors (Lipinski definition) is 0. The van der Waals surface area contributed by atoms with Gasteiger partial charge in [-0.25, -0.2) is 4.79 Å². The Labute approximate surface area is 248 Å². The van der Waals surface area contributed by atoms with Gasteiger partial charge in [-0.1, -0.05) is 12.1 Å². The summed E-state index contributed by atoms with van der Waals surface area (Å²) in [6.07, 6.45) is 1.56. The summed E-state index contributed by atoms with van der Waals surface area (Å²) in [6.45, 7) is 10.0. The largest absolute Gasteiger partial charge is 0.444 e. The highest BCUT2D eigenvalue weighted by atomic mass is 19.3. The van der Waals surface area contributed by atoms with Gasteiger partial charge in [0.15, 0.2) is 0 Å². The molecule has 0 spiro atoms. The first kappa shape index (κ1) is 31.5. The van der Waals surface area contributed by atoms with Crippen molar-refractivity contribution in [3.63, 3.8) is 0 Å². The van der Waals surface area contributed by atoms with Gasteiger partial charge in [0.1, 0.15) is 11.9 Å². The Bertz CT molecular complexity index is 1530. The fourth-order valence-corrected chi connectivity index (χ4v) is 4.56. The molecule has 0 saturated heterocycles. The number of ether oxygens (including phenoxy) is 1. The molecule has 3 heterocycles. The van der Waals surface area contributed by atoms with Crippen molar-refractivity contribution < 1.29 is 32.3 Å². The first-order valence-corrected chi connectivity index (χ1v) is 13.8. The molecular formula is C31H35F2N5O5. The van der Waals surface area contributed by atoms with E-state index in [4.69, 9.17) is 9.15 Å². The van der Waals surface area contributed by atoms with Crippen LogP contribution in [-0.2, 0) is 21.5 Å². The highest BCUT2D eigenvalue weighted by Crippen LogP contribution is 2.32. The number of aromatic nitrogens is 3. The van der Waals surface area contributed by atoms with Crippen molar-refractivity contribution in [1.29, 1.82) is 0 Å². The summed E-state index contributed by atoms with van der Waals surface area (Å²) >= 11 is 0. The molecule has 0 saturated carbocycles. The fraction of sp³-hybridized carbons (Fsp3) is 0.419. The number of benzene rings is 1. The minimum atomic E-state index is -2.87. The van der Waals surface area contributed by atoms with Crippen molar-refractivity contribution in [3.05, 3.63) is 70.9 Å². The van der Waals surface area contributed by atoms with Crippen molar-refractivity contribution in [2.75, 3.05) is 20.1 Å². The minimum Gasteiger partial charge on any atom is -0.444 e. The van der Waals surface area contributed by atoms with Crippen LogP contribution in [0.15, 0.2) is 47.0 Å². The normalized spacial score (nSPS) is 14.0. The SMILES string of the molecule is CN(Cc1ccc(-c2nnc(C(F)F)o2)cn1)C(=O)c1ccc(C2=CCN(C(=O)OC(C)(C)C)CC2)cc1C(C)(C)C=O. The topological polar surface area (TPSA) is 119 Å². The van der Waals surface area contributed by atoms with Crippen molar-refractivity contribution in [2.45, 2.75) is 65.0 Å². The maximum atomic E-state index is 13.6. The van der Waals surface area contributed by atoms with Crippen LogP contribution in [0.5, 0.6) is 0 Å². The lowest BCUT2D eigenvalue weighted by atomic mass is 9.80. The number of pyridine rings is 1. The van der Waals surface area contributed by atoms with Crippen molar-refractivity contribution in [2.24, 2.45) is 0 Å². The molecule has 12 heteroatoms. The van der Waals surface area contributed by atoms with Gasteiger partial charge in [-0.15, -0.1) is 10.2 Å². The molecular weight excluding hydrogens is 560 g/mol. The lowest BCUT2D eigenvalue weighted by Gasteiger charge is -2.30. The molecule has 0 fully saturated rings. The third-order valence-corrected chi connectivity index (χ3v) is 6.92. The Balaban J connectivity index is 1.51. The Morgan fingerprint density at radius 2 is 1.84 bits per heavy atom. The predicted octanol–water partition coefficient (Wildman–Crippen LogP) is 5.84. The monoisotopic (exact) mass is 595 g/mol. The lowest BCUT2D eigenvalue weighted by molar-refractivity contribution is -0.111. The molecule has 1 aliphatic heterocycles. The molecule has 2 amide bonds. The molecule has 10 nitrogen and oxygen atoms in total. The second kappa shape index (κ2) is 12.4. The van der Waals surface area contributed by atoms with E-state index in [-0.39, 0.29) is 24.4 Å². The zero-order valence-corrected chi connectivity index (χ0v) is 25.1. The maximum Gasteiger partial charge on any atom is 0.410 e. The van der Waals surface area contributed by atoms with Crippen LogP contribution in [0.2, 0.25) is 0 Å². The van der Waals surface area contributed by atoms with Gasteiger partial charge < -0.3 is 23.7 Å². The Kier molecular flexibility index (Phi) is 9.07. The first-order valence-electron chi connectivity index (χ1n) is 13.8. The van der Waals surface area contributed by atoms with Crippen LogP contribution >= 0.6 is 0 Å². The van der Waals surface area contributed by atoms with Crippen LogP contribution in [0.1, 0.15) is 80.5 Å². The summed E-state index contributed by atoms with van der Waals surface area (Å²) in [5, 5.41) is 6.93. The average molecular weight is 596 g/mol. The smallest absolute Gasteiger partial charge is 0.410 e. The molecule has 0 bridgehead atoms. The van der Waals surface area contributed by atoms with E-state index < -0.39 is 23.3 Å². The van der Waals surface area contributed by atoms with Crippen LogP contribution in [-0.4, -0.2) is 69.0 Å². The van der Waals surface area contributed by atoms with Gasteiger partial charge in [-0.05, 0) is 82.0 Å². The quantitative estimate of drug-likeness (QED) is 0.298. The molecule has 0 unspecified atom stereocenters. The van der Waals surface area contributed by atoms with Crippen molar-refractivity contribution >= 4 is 23.9 Å². The van der Waals surface area contributed by atoms with E-state index in [2.05, 4.69) is 15.2 Å². The molecule has 0 N–H and O–H groups in total. The second-order valence-corrected chi connectivity index (χ2v) is 12.0. The second-order valence-electron chi connectivity index (χ2n) is 12.0. The van der Waals surface area contributed by atoms with Crippen LogP contribution in [0.25, 0.3) is 17.0 Å². The number of aldehydes is 1. The molecule has 0 atom stereocenters. The molecule has 4 rings (SSSR count). The van der Waals surface area contributed by atoms with Crippen LogP contribution in [0.3, 0.4) is 0 Å². The molecule has 3 aromatic rings. The van der Waals surface area contributed by atoms with E-state index in [9.17, 15) is 23.2 Å². The Morgan fingerprint density at radius 3 is 2.40 bits per heavy atom. The number of carbonyl (C=O) groups excluding carboxylic acids is 3. The molecule has 1 aliphatic rings. The zero-order valence-electron chi connectivity index (χ0n) is 25.1. The molecule has 1 aromatic carbocycles. The summed E-state index contributed by atoms with van der Waals surface area (Å²) in [7, 11) is 1.63. The molecule has 43 heavy (non-hydrogen) atoms. The van der Waals surface area contributed by atoms with E-state index in [1.165, 1.54) is 11.1 Å². The number of carbonyl (C=O) groups is 3. The van der Waals surface area contributed by atoms with E-state index in [0.29, 0.717) is 41.9 Å². The summed E-state index contributed by atoms with van der Waals surface area (Å²) in [5.41, 5.74) is 2.25. The zero-order chi connectivity index (χ0) is 31.5. The lowest BCUT2D eigenvalue weighted by Crippen LogP contribution is -2.39. The van der Waals surface area contributed by atoms with E-state index in [1.54, 1.807) is 44.0 Å². The van der Waals surface area contributed by atoms with Crippen LogP contribution in [0.4, 0.5) is 13.6 Å². The van der Waals surface area contributed by atoms with Crippen LogP contribution < -0.4 is 0 Å². The summed E-state index contributed by atoms with van der Waals surface area (Å²) < 4.78 is 36.0. The molecule has 2 aromatic heterocycles. The summed E-state index contributed by atoms with van der Waals surface area (Å²) in [5.74, 6) is -1.15. The maximum absolute atomic E-state index is 13.6. The van der Waals surface area contributed by atoms with Crippen molar-refractivity contribution in [3.8, 4) is 11.5 Å². The third kappa shape index (κ3) is 7.49. The van der Waals surface area contributed by atoms with E-state index >= 15 is 0 Å². The molecule has 0 aliphatic carbocycles. The standard InChI is InChI=1S/C31H35F2N5O5/c1-30(2,3)43-29(41)38-13-11-19(12-14-38)20-8-10-23(24(15-20)31(4,5)18-39)28(40)37(6)17-22-9-7-21(16-34-22)26-35-36-27(42-26)25(32)33/h7-11,15-16,18,25H,12-14,17H2,1-6H3. The van der Waals surface area contributed by atoms with Gasteiger partial charge in [0.05, 0.1) is 17.8 Å². The van der Waals surface area contributed by atoms with E-state index in [0.717, 1.165) is 17.4 Å². The van der Waals surface area contributed by atoms with Crippen molar-refractivity contribution in [1.82, 2.24) is 25.0 Å². The van der Waals surface area contributed by atoms with Gasteiger partial charge in [0.2, 0.25) is 5.89 Å². The third-order valence-electron chi connectivity index (χ3n) is 6.92. The van der Waals surface area contributed by atoms with Gasteiger partial charge in [-0.2, -0.15) is 8.78 Å². The van der Waals surface area contributed by atoms with Crippen LogP contribution in [0, 0.1) is 0 Å². The Morgan fingerprint density at radius 1 is 1.12 bits per heavy atom. The van der Waals surface area contributed by atoms with Gasteiger partial charge in [0.25, 0.3) is 11.8 Å². The summed E-state index contributed by atoms with van der Waals surface area (Å²) in [6, 6.07) is 8.69. The van der Waals surface area contributed by atoms with Gasteiger partial charge in [0, 0.05) is 37.3 Å². The molecule has 0 radical (unpaired) electrons. The van der Waals surface area contributed by atoms with E-state index in [1.807, 2.05) is 39.0 Å². The number of halogens is 2. The molecule has 228 valence electrons. The van der Waals surface area contributed by atoms with Gasteiger partial charge in [-0.3, -0.25) is 9.78 Å². The number of nitrogens with zero attached hydrogens (tertiary/aromatic N) is 5. The minimum absolute atomic E-state index is 0.0785. The Hall–Kier alpha value is -4.48. The number of rotatable bonds is 8. The fourth-order valence-electron chi connectivity index (χ4n) is 4.56. The predicted molar refractivity (Wildman–Crippen MR) is 154 cm³/mol. The highest BCUT2D eigenvalue weighted by molar-refractivity contribution is 5.97. The highest BCUT2D eigenvalue weighted by Gasteiger charge is 2.29. The number of alkyl halides is 2. The number of hydrogen-bond acceptors (Lipinski definition) is 8. The summed E-state index contributed by atoms with van der Waals surface area (Å²) in [4.78, 5) is 45.6. The average Bonchev–Trinajstić information content (AvgIpc) is 3.47. The first-order chi connectivity index (χ1) is 20.2. The van der Waals surface area contributed by atoms with Gasteiger partial charge >= 0.3 is 12.5 Å².